The van der Waals surface area contributed by atoms with Gasteiger partial charge in [0.25, 0.3) is 0 Å². The van der Waals surface area contributed by atoms with Crippen LogP contribution in [0.4, 0.5) is 5.69 Å². The summed E-state index contributed by atoms with van der Waals surface area (Å²) < 4.78 is 7.93. The number of aryl methyl sites for hydroxylation is 2. The monoisotopic (exact) mass is 492 g/mol. The summed E-state index contributed by atoms with van der Waals surface area (Å²) in [6, 6.07) is 14.2. The molecule has 0 aliphatic heterocycles. The molecule has 0 saturated carbocycles. The van der Waals surface area contributed by atoms with Crippen LogP contribution < -0.4 is 10.1 Å². The van der Waals surface area contributed by atoms with Gasteiger partial charge in [0.1, 0.15) is 11.6 Å². The van der Waals surface area contributed by atoms with Gasteiger partial charge in [0.15, 0.2) is 5.16 Å². The molecule has 1 heterocycles. The Labute approximate surface area is 213 Å². The molecule has 2 aromatic carbocycles. The summed E-state index contributed by atoms with van der Waals surface area (Å²) in [5.74, 6) is 1.94. The van der Waals surface area contributed by atoms with Gasteiger partial charge in [-0.1, -0.05) is 62.9 Å². The Morgan fingerprint density at radius 3 is 2.57 bits per heavy atom. The van der Waals surface area contributed by atoms with Crippen LogP contribution in [0.2, 0.25) is 0 Å². The molecule has 1 N–H and O–H groups in total. The van der Waals surface area contributed by atoms with Crippen LogP contribution in [0, 0.1) is 13.8 Å². The highest BCUT2D eigenvalue weighted by molar-refractivity contribution is 7.99. The molecule has 0 spiro atoms. The van der Waals surface area contributed by atoms with Crippen LogP contribution in [0.5, 0.6) is 5.75 Å². The molecule has 3 rings (SSSR count). The number of carbonyl (C=O) groups is 1. The van der Waals surface area contributed by atoms with Gasteiger partial charge in [0.05, 0.1) is 12.4 Å². The maximum Gasteiger partial charge on any atom is 0.234 e. The fourth-order valence-corrected chi connectivity index (χ4v) is 4.36. The second-order valence-corrected chi connectivity index (χ2v) is 10.6. The predicted molar refractivity (Wildman–Crippen MR) is 144 cm³/mol. The zero-order valence-corrected chi connectivity index (χ0v) is 22.2. The van der Waals surface area contributed by atoms with Gasteiger partial charge in [0, 0.05) is 18.7 Å². The SMILES string of the molecule is C=CCn1c(CCCOc2ccc(C(C)(C)C)cc2)nnc1SCC(=O)Nc1cccc(C)c1C. The highest BCUT2D eigenvalue weighted by Crippen LogP contribution is 2.25. The summed E-state index contributed by atoms with van der Waals surface area (Å²) in [4.78, 5) is 12.5. The van der Waals surface area contributed by atoms with Crippen molar-refractivity contribution in [3.63, 3.8) is 0 Å². The molecule has 0 unspecified atom stereocenters. The van der Waals surface area contributed by atoms with Gasteiger partial charge in [-0.05, 0) is 60.6 Å². The standard InChI is InChI=1S/C28H36N4O2S/c1-7-17-32-25(12-9-18-34-23-15-13-22(14-16-23)28(4,5)6)30-31-27(32)35-19-26(33)29-24-11-8-10-20(2)21(24)3/h7-8,10-11,13-16H,1,9,12,17-19H2,2-6H3,(H,29,33). The van der Waals surface area contributed by atoms with Crippen molar-refractivity contribution in [1.82, 2.24) is 14.8 Å². The van der Waals surface area contributed by atoms with Gasteiger partial charge < -0.3 is 14.6 Å². The Bertz CT molecular complexity index is 1150. The number of anilines is 1. The number of ether oxygens (including phenoxy) is 1. The third-order valence-corrected chi connectivity index (χ3v) is 6.82. The third kappa shape index (κ3) is 7.46. The number of aromatic nitrogens is 3. The highest BCUT2D eigenvalue weighted by atomic mass is 32.2. The maximum atomic E-state index is 12.5. The van der Waals surface area contributed by atoms with E-state index in [4.69, 9.17) is 4.74 Å². The van der Waals surface area contributed by atoms with Crippen molar-refractivity contribution in [2.24, 2.45) is 0 Å². The third-order valence-electron chi connectivity index (χ3n) is 5.85. The summed E-state index contributed by atoms with van der Waals surface area (Å²) in [5.41, 5.74) is 4.49. The van der Waals surface area contributed by atoms with E-state index in [-0.39, 0.29) is 17.1 Å². The zero-order chi connectivity index (χ0) is 25.4. The van der Waals surface area contributed by atoms with Gasteiger partial charge in [-0.25, -0.2) is 0 Å². The molecule has 0 aliphatic carbocycles. The molecule has 0 fully saturated rings. The first-order valence-electron chi connectivity index (χ1n) is 11.9. The van der Waals surface area contributed by atoms with Crippen molar-refractivity contribution >= 4 is 23.4 Å². The molecule has 7 heteroatoms. The van der Waals surface area contributed by atoms with Crippen LogP contribution >= 0.6 is 11.8 Å². The predicted octanol–water partition coefficient (Wildman–Crippen LogP) is 6.12. The zero-order valence-electron chi connectivity index (χ0n) is 21.4. The van der Waals surface area contributed by atoms with E-state index in [1.807, 2.05) is 54.8 Å². The Morgan fingerprint density at radius 1 is 1.14 bits per heavy atom. The van der Waals surface area contributed by atoms with E-state index in [0.29, 0.717) is 13.2 Å². The minimum absolute atomic E-state index is 0.0655. The Morgan fingerprint density at radius 2 is 1.89 bits per heavy atom. The Hall–Kier alpha value is -3.06. The number of carbonyl (C=O) groups excluding carboxylic acids is 1. The van der Waals surface area contributed by atoms with E-state index in [2.05, 4.69) is 55.0 Å². The fourth-order valence-electron chi connectivity index (χ4n) is 3.60. The number of hydrogen-bond donors (Lipinski definition) is 1. The highest BCUT2D eigenvalue weighted by Gasteiger charge is 2.15. The lowest BCUT2D eigenvalue weighted by Gasteiger charge is -2.19. The second kappa shape index (κ2) is 12.1. The topological polar surface area (TPSA) is 69.0 Å². The molecule has 0 aliphatic rings. The molecule has 0 saturated heterocycles. The first-order chi connectivity index (χ1) is 16.7. The van der Waals surface area contributed by atoms with Crippen molar-refractivity contribution in [2.75, 3.05) is 17.7 Å². The summed E-state index contributed by atoms with van der Waals surface area (Å²) in [7, 11) is 0. The average molecular weight is 493 g/mol. The molecule has 35 heavy (non-hydrogen) atoms. The van der Waals surface area contributed by atoms with Crippen LogP contribution in [0.1, 0.15) is 49.7 Å². The minimum atomic E-state index is -0.0655. The first-order valence-corrected chi connectivity index (χ1v) is 12.9. The molecule has 0 bridgehead atoms. The number of nitrogens with one attached hydrogen (secondary N) is 1. The molecule has 0 radical (unpaired) electrons. The van der Waals surface area contributed by atoms with E-state index in [9.17, 15) is 4.79 Å². The molecular formula is C28H36N4O2S. The van der Waals surface area contributed by atoms with Crippen molar-refractivity contribution in [2.45, 2.75) is 64.6 Å². The number of thioether (sulfide) groups is 1. The molecular weight excluding hydrogens is 456 g/mol. The maximum absolute atomic E-state index is 12.5. The van der Waals surface area contributed by atoms with Gasteiger partial charge in [0.2, 0.25) is 5.91 Å². The van der Waals surface area contributed by atoms with E-state index in [1.165, 1.54) is 17.3 Å². The normalized spacial score (nSPS) is 11.3. The number of benzene rings is 2. The lowest BCUT2D eigenvalue weighted by molar-refractivity contribution is -0.113. The second-order valence-electron chi connectivity index (χ2n) is 9.61. The molecule has 1 aromatic heterocycles. The lowest BCUT2D eigenvalue weighted by atomic mass is 9.87. The molecule has 186 valence electrons. The Kier molecular flexibility index (Phi) is 9.15. The number of rotatable bonds is 11. The van der Waals surface area contributed by atoms with Gasteiger partial charge in [-0.3, -0.25) is 4.79 Å². The van der Waals surface area contributed by atoms with Gasteiger partial charge in [-0.15, -0.1) is 16.8 Å². The fraction of sp³-hybridized carbons (Fsp3) is 0.393. The van der Waals surface area contributed by atoms with Crippen molar-refractivity contribution < 1.29 is 9.53 Å². The number of hydrogen-bond acceptors (Lipinski definition) is 5. The van der Waals surface area contributed by atoms with E-state index in [1.54, 1.807) is 0 Å². The number of nitrogens with zero attached hydrogens (tertiary/aromatic N) is 3. The summed E-state index contributed by atoms with van der Waals surface area (Å²) in [6.07, 6.45) is 3.37. The minimum Gasteiger partial charge on any atom is -0.494 e. The lowest BCUT2D eigenvalue weighted by Crippen LogP contribution is -2.16. The van der Waals surface area contributed by atoms with Gasteiger partial charge in [-0.2, -0.15) is 0 Å². The number of allylic oxidation sites excluding steroid dienone is 1. The summed E-state index contributed by atoms with van der Waals surface area (Å²) in [6.45, 7) is 15.7. The van der Waals surface area contributed by atoms with Crippen molar-refractivity contribution in [3.8, 4) is 5.75 Å². The molecule has 1 amide bonds. The average Bonchev–Trinajstić information content (AvgIpc) is 3.20. The Balaban J connectivity index is 1.51. The molecule has 6 nitrogen and oxygen atoms in total. The number of amides is 1. The summed E-state index contributed by atoms with van der Waals surface area (Å²) in [5, 5.41) is 12.4. The molecule has 0 atom stereocenters. The van der Waals surface area contributed by atoms with Crippen LogP contribution in [-0.4, -0.2) is 33.0 Å². The van der Waals surface area contributed by atoms with E-state index in [0.717, 1.165) is 46.4 Å². The first kappa shape index (κ1) is 26.5. The van der Waals surface area contributed by atoms with Crippen LogP contribution in [0.25, 0.3) is 0 Å². The van der Waals surface area contributed by atoms with Crippen LogP contribution in [0.3, 0.4) is 0 Å². The quantitative estimate of drug-likeness (QED) is 0.198. The summed E-state index contributed by atoms with van der Waals surface area (Å²) >= 11 is 1.38. The molecule has 3 aromatic rings. The van der Waals surface area contributed by atoms with Crippen LogP contribution in [0.15, 0.2) is 60.3 Å². The van der Waals surface area contributed by atoms with Crippen molar-refractivity contribution in [1.29, 1.82) is 0 Å². The van der Waals surface area contributed by atoms with E-state index >= 15 is 0 Å². The van der Waals surface area contributed by atoms with Crippen LogP contribution in [-0.2, 0) is 23.2 Å². The van der Waals surface area contributed by atoms with Gasteiger partial charge >= 0.3 is 0 Å². The smallest absolute Gasteiger partial charge is 0.234 e. The van der Waals surface area contributed by atoms with E-state index < -0.39 is 0 Å². The van der Waals surface area contributed by atoms with Crippen molar-refractivity contribution in [3.05, 3.63) is 77.6 Å². The largest absolute Gasteiger partial charge is 0.494 e.